The molecule has 3 rings (SSSR count). The van der Waals surface area contributed by atoms with Gasteiger partial charge in [0.05, 0.1) is 0 Å². The highest BCUT2D eigenvalue weighted by molar-refractivity contribution is 8.01. The van der Waals surface area contributed by atoms with Gasteiger partial charge in [-0.05, 0) is 19.1 Å². The van der Waals surface area contributed by atoms with Crippen LogP contribution >= 0.6 is 23.1 Å². The van der Waals surface area contributed by atoms with Crippen LogP contribution in [0.15, 0.2) is 50.6 Å². The molecule has 0 atom stereocenters. The van der Waals surface area contributed by atoms with Crippen LogP contribution in [0.2, 0.25) is 0 Å². The molecule has 0 N–H and O–H groups in total. The van der Waals surface area contributed by atoms with Crippen LogP contribution in [0.3, 0.4) is 0 Å². The molecule has 0 spiro atoms. The van der Waals surface area contributed by atoms with E-state index in [1.54, 1.807) is 29.4 Å². The maximum atomic E-state index is 11.4. The summed E-state index contributed by atoms with van der Waals surface area (Å²) >= 11 is 2.99. The largest absolute Gasteiger partial charge is 0.276 e. The van der Waals surface area contributed by atoms with E-state index < -0.39 is 0 Å². The Balaban J connectivity index is 2.01. The lowest BCUT2D eigenvalue weighted by atomic mass is 10.4. The number of hydrogen-bond acceptors (Lipinski definition) is 5. The topological polar surface area (TPSA) is 47.3 Å². The van der Waals surface area contributed by atoms with Crippen molar-refractivity contribution >= 4 is 28.1 Å². The van der Waals surface area contributed by atoms with Crippen LogP contribution in [0.1, 0.15) is 5.56 Å². The number of fused-ring (bicyclic) bond motifs is 1. The van der Waals surface area contributed by atoms with Gasteiger partial charge < -0.3 is 0 Å². The predicted octanol–water partition coefficient (Wildman–Crippen LogP) is 2.61. The first-order valence-electron chi connectivity index (χ1n) is 5.32. The highest BCUT2D eigenvalue weighted by atomic mass is 32.2. The van der Waals surface area contributed by atoms with Crippen LogP contribution in [-0.4, -0.2) is 14.6 Å². The summed E-state index contributed by atoms with van der Waals surface area (Å²) in [6.45, 7) is 1.74. The van der Waals surface area contributed by atoms with E-state index in [0.29, 0.717) is 10.5 Å². The van der Waals surface area contributed by atoms with E-state index >= 15 is 0 Å². The lowest BCUT2D eigenvalue weighted by Gasteiger charge is -1.94. The van der Waals surface area contributed by atoms with E-state index in [-0.39, 0.29) is 5.56 Å². The van der Waals surface area contributed by atoms with Crippen molar-refractivity contribution in [2.45, 2.75) is 16.2 Å². The molecule has 4 nitrogen and oxygen atoms in total. The van der Waals surface area contributed by atoms with Gasteiger partial charge in [0.15, 0.2) is 4.34 Å². The van der Waals surface area contributed by atoms with E-state index in [9.17, 15) is 4.79 Å². The number of hydrogen-bond donors (Lipinski definition) is 0. The molecule has 0 aliphatic carbocycles. The normalized spacial score (nSPS) is 10.9. The first-order chi connectivity index (χ1) is 8.72. The standard InChI is InChI=1S/C12H9N3OS2/c1-8-7-15-11(13-10(8)16)18-12(14-15)17-9-5-3-2-4-6-9/h2-7H,1H3. The van der Waals surface area contributed by atoms with E-state index in [0.717, 1.165) is 9.24 Å². The molecule has 18 heavy (non-hydrogen) atoms. The fourth-order valence-electron chi connectivity index (χ4n) is 1.48. The van der Waals surface area contributed by atoms with Crippen molar-refractivity contribution in [3.63, 3.8) is 0 Å². The zero-order chi connectivity index (χ0) is 12.5. The first-order valence-corrected chi connectivity index (χ1v) is 6.96. The summed E-state index contributed by atoms with van der Waals surface area (Å²) in [4.78, 5) is 17.2. The first kappa shape index (κ1) is 11.4. The summed E-state index contributed by atoms with van der Waals surface area (Å²) in [6.07, 6.45) is 1.72. The smallest absolute Gasteiger partial charge is 0.267 e. The van der Waals surface area contributed by atoms with Gasteiger partial charge in [-0.1, -0.05) is 41.3 Å². The van der Waals surface area contributed by atoms with E-state index in [1.807, 2.05) is 30.3 Å². The molecule has 0 fully saturated rings. The maximum Gasteiger partial charge on any atom is 0.276 e. The Hall–Kier alpha value is -1.66. The SMILES string of the molecule is Cc1cn2nc(Sc3ccccc3)sc2nc1=O. The molecule has 0 aliphatic heterocycles. The van der Waals surface area contributed by atoms with Crippen LogP contribution in [0.25, 0.3) is 4.96 Å². The Kier molecular flexibility index (Phi) is 2.89. The lowest BCUT2D eigenvalue weighted by molar-refractivity contribution is 0.875. The third-order valence-electron chi connectivity index (χ3n) is 2.36. The summed E-state index contributed by atoms with van der Waals surface area (Å²) in [5.41, 5.74) is 0.420. The molecule has 0 aliphatic rings. The van der Waals surface area contributed by atoms with Gasteiger partial charge in [0.1, 0.15) is 0 Å². The van der Waals surface area contributed by atoms with Crippen LogP contribution in [0, 0.1) is 6.92 Å². The fraction of sp³-hybridized carbons (Fsp3) is 0.0833. The van der Waals surface area contributed by atoms with E-state index in [2.05, 4.69) is 10.1 Å². The zero-order valence-corrected chi connectivity index (χ0v) is 11.2. The van der Waals surface area contributed by atoms with E-state index in [4.69, 9.17) is 0 Å². The minimum absolute atomic E-state index is 0.185. The molecule has 0 unspecified atom stereocenters. The average molecular weight is 275 g/mol. The van der Waals surface area contributed by atoms with Gasteiger partial charge >= 0.3 is 0 Å². The monoisotopic (exact) mass is 275 g/mol. The highest BCUT2D eigenvalue weighted by Crippen LogP contribution is 2.30. The summed E-state index contributed by atoms with van der Waals surface area (Å²) in [6, 6.07) is 10.0. The Morgan fingerprint density at radius 3 is 2.83 bits per heavy atom. The van der Waals surface area contributed by atoms with Gasteiger partial charge in [0.25, 0.3) is 5.56 Å². The van der Waals surface area contributed by atoms with Gasteiger partial charge in [0.2, 0.25) is 4.96 Å². The molecule has 3 aromatic rings. The number of rotatable bonds is 2. The quantitative estimate of drug-likeness (QED) is 0.721. The van der Waals surface area contributed by atoms with Gasteiger partial charge in [-0.15, -0.1) is 5.10 Å². The Morgan fingerprint density at radius 2 is 2.06 bits per heavy atom. The lowest BCUT2D eigenvalue weighted by Crippen LogP contribution is -2.10. The molecule has 0 saturated heterocycles. The second-order valence-corrected chi connectivity index (χ2v) is 6.02. The molecule has 2 aromatic heterocycles. The van der Waals surface area contributed by atoms with E-state index in [1.165, 1.54) is 11.3 Å². The van der Waals surface area contributed by atoms with Gasteiger partial charge in [-0.2, -0.15) is 4.98 Å². The second-order valence-electron chi connectivity index (χ2n) is 3.74. The molecule has 6 heteroatoms. The highest BCUT2D eigenvalue weighted by Gasteiger charge is 2.07. The fourth-order valence-corrected chi connectivity index (χ4v) is 3.38. The molecule has 0 saturated carbocycles. The zero-order valence-electron chi connectivity index (χ0n) is 9.53. The van der Waals surface area contributed by atoms with Crippen LogP contribution < -0.4 is 5.56 Å². The van der Waals surface area contributed by atoms with Crippen molar-refractivity contribution in [2.24, 2.45) is 0 Å². The van der Waals surface area contributed by atoms with Gasteiger partial charge in [-0.3, -0.25) is 4.79 Å². The van der Waals surface area contributed by atoms with Crippen LogP contribution in [-0.2, 0) is 0 Å². The summed E-state index contributed by atoms with van der Waals surface area (Å²) in [5.74, 6) is 0. The summed E-state index contributed by atoms with van der Waals surface area (Å²) < 4.78 is 2.53. The van der Waals surface area contributed by atoms with Crippen LogP contribution in [0.4, 0.5) is 0 Å². The number of benzene rings is 1. The summed E-state index contributed by atoms with van der Waals surface area (Å²) in [7, 11) is 0. The molecule has 1 aromatic carbocycles. The third-order valence-corrected chi connectivity index (χ3v) is 4.34. The molecule has 90 valence electrons. The maximum absolute atomic E-state index is 11.4. The van der Waals surface area contributed by atoms with Gasteiger partial charge in [-0.25, -0.2) is 4.52 Å². The number of nitrogens with zero attached hydrogens (tertiary/aromatic N) is 3. The van der Waals surface area contributed by atoms with Crippen molar-refractivity contribution in [3.05, 3.63) is 52.4 Å². The molecule has 0 amide bonds. The molecular weight excluding hydrogens is 266 g/mol. The van der Waals surface area contributed by atoms with Gasteiger partial charge in [0, 0.05) is 16.7 Å². The van der Waals surface area contributed by atoms with Crippen LogP contribution in [0.5, 0.6) is 0 Å². The second kappa shape index (κ2) is 4.55. The Bertz CT molecular complexity index is 749. The number of aromatic nitrogens is 3. The Morgan fingerprint density at radius 1 is 1.28 bits per heavy atom. The molecule has 0 bridgehead atoms. The van der Waals surface area contributed by atoms with Crippen molar-refractivity contribution < 1.29 is 0 Å². The average Bonchev–Trinajstić information content (AvgIpc) is 2.72. The van der Waals surface area contributed by atoms with Crippen molar-refractivity contribution in [3.8, 4) is 0 Å². The minimum atomic E-state index is -0.185. The van der Waals surface area contributed by atoms with Crippen molar-refractivity contribution in [1.29, 1.82) is 0 Å². The van der Waals surface area contributed by atoms with Crippen molar-refractivity contribution in [2.75, 3.05) is 0 Å². The van der Waals surface area contributed by atoms with Crippen molar-refractivity contribution in [1.82, 2.24) is 14.6 Å². The third kappa shape index (κ3) is 2.16. The molecule has 2 heterocycles. The minimum Gasteiger partial charge on any atom is -0.267 e. The summed E-state index contributed by atoms with van der Waals surface area (Å²) in [5, 5.41) is 4.41. The predicted molar refractivity (Wildman–Crippen MR) is 72.4 cm³/mol. The Labute approximate surface area is 111 Å². The molecular formula is C12H9N3OS2. The molecule has 0 radical (unpaired) electrons. The number of aryl methyl sites for hydroxylation is 1.